The molecule has 16 heavy (non-hydrogen) atoms. The van der Waals surface area contributed by atoms with E-state index in [1.54, 1.807) is 30.1 Å². The molecule has 1 heterocycles. The summed E-state index contributed by atoms with van der Waals surface area (Å²) in [4.78, 5) is 13.0. The fraction of sp³-hybridized carbons (Fsp3) is 0.250. The number of urea groups is 1. The Labute approximate surface area is 93.6 Å². The highest BCUT2D eigenvalue weighted by molar-refractivity contribution is 5.80. The van der Waals surface area contributed by atoms with Gasteiger partial charge in [0.25, 0.3) is 0 Å². The third kappa shape index (κ3) is 1.91. The molecular weight excluding hydrogens is 207 g/mol. The van der Waals surface area contributed by atoms with Gasteiger partial charge in [-0.2, -0.15) is 0 Å². The van der Waals surface area contributed by atoms with Crippen LogP contribution in [0.1, 0.15) is 5.56 Å². The molecule has 1 N–H and O–H groups in total. The maximum atomic E-state index is 13.5. The van der Waals surface area contributed by atoms with Crippen molar-refractivity contribution >= 4 is 11.6 Å². The predicted molar refractivity (Wildman–Crippen MR) is 60.4 cm³/mol. The minimum Gasteiger partial charge on any atom is -0.341 e. The fourth-order valence-electron chi connectivity index (χ4n) is 1.78. The van der Waals surface area contributed by atoms with Gasteiger partial charge in [-0.05, 0) is 11.6 Å². The van der Waals surface area contributed by atoms with Crippen molar-refractivity contribution in [2.75, 3.05) is 20.1 Å². The molecule has 1 aliphatic rings. The van der Waals surface area contributed by atoms with Crippen molar-refractivity contribution in [3.05, 3.63) is 41.7 Å². The van der Waals surface area contributed by atoms with Crippen molar-refractivity contribution in [1.29, 1.82) is 0 Å². The first kappa shape index (κ1) is 10.7. The molecular formula is C12H13FN2O. The van der Waals surface area contributed by atoms with E-state index in [1.807, 2.05) is 6.08 Å². The van der Waals surface area contributed by atoms with Crippen LogP contribution in [0.4, 0.5) is 9.18 Å². The van der Waals surface area contributed by atoms with Gasteiger partial charge in [0.05, 0.1) is 0 Å². The number of nitrogens with one attached hydrogen (secondary N) is 1. The van der Waals surface area contributed by atoms with Gasteiger partial charge in [-0.25, -0.2) is 9.18 Å². The summed E-state index contributed by atoms with van der Waals surface area (Å²) in [5, 5.41) is 2.55. The van der Waals surface area contributed by atoms with Crippen LogP contribution < -0.4 is 5.32 Å². The van der Waals surface area contributed by atoms with Crippen molar-refractivity contribution in [3.63, 3.8) is 0 Å². The second-order valence-electron chi connectivity index (χ2n) is 3.64. The monoisotopic (exact) mass is 220 g/mol. The summed E-state index contributed by atoms with van der Waals surface area (Å²) in [5.74, 6) is -0.243. The van der Waals surface area contributed by atoms with Gasteiger partial charge < -0.3 is 10.2 Å². The van der Waals surface area contributed by atoms with Crippen LogP contribution in [0, 0.1) is 5.82 Å². The first-order valence-electron chi connectivity index (χ1n) is 5.13. The Morgan fingerprint density at radius 1 is 1.44 bits per heavy atom. The van der Waals surface area contributed by atoms with Crippen LogP contribution >= 0.6 is 0 Å². The second kappa shape index (κ2) is 4.35. The summed E-state index contributed by atoms with van der Waals surface area (Å²) >= 11 is 0. The van der Waals surface area contributed by atoms with E-state index < -0.39 is 0 Å². The van der Waals surface area contributed by atoms with E-state index in [0.717, 1.165) is 5.57 Å². The van der Waals surface area contributed by atoms with Crippen LogP contribution in [0.3, 0.4) is 0 Å². The minimum absolute atomic E-state index is 0.136. The van der Waals surface area contributed by atoms with Crippen LogP contribution in [0.5, 0.6) is 0 Å². The molecule has 1 aliphatic heterocycles. The van der Waals surface area contributed by atoms with E-state index in [-0.39, 0.29) is 11.8 Å². The molecule has 4 heteroatoms. The lowest BCUT2D eigenvalue weighted by Gasteiger charge is -2.15. The van der Waals surface area contributed by atoms with Crippen molar-refractivity contribution < 1.29 is 9.18 Å². The largest absolute Gasteiger partial charge is 0.341 e. The topological polar surface area (TPSA) is 32.3 Å². The van der Waals surface area contributed by atoms with Crippen molar-refractivity contribution in [1.82, 2.24) is 10.2 Å². The van der Waals surface area contributed by atoms with Gasteiger partial charge in [0.2, 0.25) is 0 Å². The molecule has 0 bridgehead atoms. The highest BCUT2D eigenvalue weighted by atomic mass is 19.1. The number of carbonyl (C=O) groups is 1. The first-order chi connectivity index (χ1) is 7.72. The lowest BCUT2D eigenvalue weighted by atomic mass is 10.1. The highest BCUT2D eigenvalue weighted by Gasteiger charge is 2.20. The lowest BCUT2D eigenvalue weighted by molar-refractivity contribution is 0.213. The number of hydrogen-bond acceptors (Lipinski definition) is 1. The van der Waals surface area contributed by atoms with Crippen LogP contribution in [-0.4, -0.2) is 31.1 Å². The number of amides is 2. The van der Waals surface area contributed by atoms with Gasteiger partial charge in [0.1, 0.15) is 5.82 Å². The fourth-order valence-corrected chi connectivity index (χ4v) is 1.78. The number of halogens is 1. The van der Waals surface area contributed by atoms with Gasteiger partial charge in [0, 0.05) is 25.7 Å². The lowest BCUT2D eigenvalue weighted by Crippen LogP contribution is -2.36. The summed E-state index contributed by atoms with van der Waals surface area (Å²) in [6.07, 6.45) is 1.88. The standard InChI is InChI=1S/C12H13FN2O/c1-14-12(16)15-7-6-9(8-15)10-4-2-3-5-11(10)13/h2-6H,7-8H2,1H3,(H,14,16). The van der Waals surface area contributed by atoms with Crippen LogP contribution in [0.15, 0.2) is 30.3 Å². The molecule has 1 aromatic rings. The summed E-state index contributed by atoms with van der Waals surface area (Å²) in [6.45, 7) is 0.990. The zero-order valence-electron chi connectivity index (χ0n) is 9.03. The molecule has 0 atom stereocenters. The Hall–Kier alpha value is -1.84. The molecule has 0 saturated heterocycles. The third-order valence-electron chi connectivity index (χ3n) is 2.64. The number of nitrogens with zero attached hydrogens (tertiary/aromatic N) is 1. The van der Waals surface area contributed by atoms with Crippen LogP contribution in [-0.2, 0) is 0 Å². The SMILES string of the molecule is CNC(=O)N1CC=C(c2ccccc2F)C1. The normalized spacial score (nSPS) is 14.9. The Balaban J connectivity index is 2.15. The molecule has 84 valence electrons. The summed E-state index contributed by atoms with van der Waals surface area (Å²) in [6, 6.07) is 6.47. The molecule has 0 aromatic heterocycles. The molecule has 3 nitrogen and oxygen atoms in total. The molecule has 0 saturated carbocycles. The van der Waals surface area contributed by atoms with E-state index in [2.05, 4.69) is 5.32 Å². The number of hydrogen-bond donors (Lipinski definition) is 1. The van der Waals surface area contributed by atoms with Gasteiger partial charge in [-0.15, -0.1) is 0 Å². The second-order valence-corrected chi connectivity index (χ2v) is 3.64. The molecule has 1 aromatic carbocycles. The van der Waals surface area contributed by atoms with E-state index in [1.165, 1.54) is 6.07 Å². The van der Waals surface area contributed by atoms with Crippen molar-refractivity contribution in [2.45, 2.75) is 0 Å². The number of rotatable bonds is 1. The molecule has 0 aliphatic carbocycles. The average Bonchev–Trinajstić information content (AvgIpc) is 2.78. The third-order valence-corrected chi connectivity index (χ3v) is 2.64. The van der Waals surface area contributed by atoms with Gasteiger partial charge in [-0.1, -0.05) is 24.3 Å². The van der Waals surface area contributed by atoms with Gasteiger partial charge in [0.15, 0.2) is 0 Å². The highest BCUT2D eigenvalue weighted by Crippen LogP contribution is 2.23. The van der Waals surface area contributed by atoms with Crippen molar-refractivity contribution in [3.8, 4) is 0 Å². The minimum atomic E-state index is -0.243. The molecule has 0 fully saturated rings. The summed E-state index contributed by atoms with van der Waals surface area (Å²) < 4.78 is 13.5. The molecule has 2 amide bonds. The number of benzene rings is 1. The first-order valence-corrected chi connectivity index (χ1v) is 5.13. The van der Waals surface area contributed by atoms with Crippen LogP contribution in [0.2, 0.25) is 0 Å². The Bertz CT molecular complexity index is 442. The maximum absolute atomic E-state index is 13.5. The van der Waals surface area contributed by atoms with Crippen molar-refractivity contribution in [2.24, 2.45) is 0 Å². The van der Waals surface area contributed by atoms with E-state index in [0.29, 0.717) is 18.7 Å². The predicted octanol–water partition coefficient (Wildman–Crippen LogP) is 1.86. The van der Waals surface area contributed by atoms with Gasteiger partial charge in [-0.3, -0.25) is 0 Å². The molecule has 0 radical (unpaired) electrons. The van der Waals surface area contributed by atoms with E-state index in [9.17, 15) is 9.18 Å². The zero-order chi connectivity index (χ0) is 11.5. The van der Waals surface area contributed by atoms with Gasteiger partial charge >= 0.3 is 6.03 Å². The number of carbonyl (C=O) groups excluding carboxylic acids is 1. The Morgan fingerprint density at radius 2 is 2.19 bits per heavy atom. The quantitative estimate of drug-likeness (QED) is 0.769. The summed E-state index contributed by atoms with van der Waals surface area (Å²) in [5.41, 5.74) is 1.44. The zero-order valence-corrected chi connectivity index (χ0v) is 9.03. The van der Waals surface area contributed by atoms with E-state index >= 15 is 0 Å². The Morgan fingerprint density at radius 3 is 2.88 bits per heavy atom. The average molecular weight is 220 g/mol. The molecule has 0 unspecified atom stereocenters. The Kier molecular flexibility index (Phi) is 2.90. The maximum Gasteiger partial charge on any atom is 0.317 e. The van der Waals surface area contributed by atoms with Crippen LogP contribution in [0.25, 0.3) is 5.57 Å². The summed E-state index contributed by atoms with van der Waals surface area (Å²) in [7, 11) is 1.59. The van der Waals surface area contributed by atoms with E-state index in [4.69, 9.17) is 0 Å². The molecule has 0 spiro atoms. The molecule has 2 rings (SSSR count). The smallest absolute Gasteiger partial charge is 0.317 e.